The second-order valence-electron chi connectivity index (χ2n) is 2.36. The minimum absolute atomic E-state index is 0.961. The Morgan fingerprint density at radius 1 is 1.20 bits per heavy atom. The third kappa shape index (κ3) is 1.69. The fourth-order valence-corrected chi connectivity index (χ4v) is 1.02. The van der Waals surface area contributed by atoms with Crippen LogP contribution in [0.1, 0.15) is 11.1 Å². The predicted octanol–water partition coefficient (Wildman–Crippen LogP) is 2.14. The van der Waals surface area contributed by atoms with Crippen molar-refractivity contribution in [1.29, 1.82) is 0 Å². The van der Waals surface area contributed by atoms with E-state index >= 15 is 0 Å². The van der Waals surface area contributed by atoms with Crippen molar-refractivity contribution in [3.63, 3.8) is 0 Å². The first-order chi connectivity index (χ1) is 4.74. The zero-order valence-corrected chi connectivity index (χ0v) is 8.02. The molecule has 0 aliphatic rings. The quantitative estimate of drug-likeness (QED) is 0.621. The summed E-state index contributed by atoms with van der Waals surface area (Å²) >= 11 is 1.27. The van der Waals surface area contributed by atoms with E-state index in [2.05, 4.69) is 26.0 Å². The van der Waals surface area contributed by atoms with Crippen LogP contribution in [0.3, 0.4) is 0 Å². The van der Waals surface area contributed by atoms with Gasteiger partial charge < -0.3 is 0 Å². The summed E-state index contributed by atoms with van der Waals surface area (Å²) in [5.74, 6) is 0.961. The standard InChI is InChI=1S/C8H10O.Sc/c1-6-3-4-8(9)5-7(6)2;/h3-5,9H,1-2H3;/q;+1/p-1. The summed E-state index contributed by atoms with van der Waals surface area (Å²) in [6, 6.07) is 6.12. The SMILES string of the molecule is Cc1ccc([O][Sc])cc1C. The van der Waals surface area contributed by atoms with Crippen LogP contribution in [0, 0.1) is 13.8 Å². The first kappa shape index (κ1) is 7.99. The van der Waals surface area contributed by atoms with Gasteiger partial charge in [0.1, 0.15) is 0 Å². The van der Waals surface area contributed by atoms with Gasteiger partial charge in [-0.1, -0.05) is 0 Å². The van der Waals surface area contributed by atoms with E-state index in [4.69, 9.17) is 2.85 Å². The summed E-state index contributed by atoms with van der Waals surface area (Å²) in [5.41, 5.74) is 2.60. The summed E-state index contributed by atoms with van der Waals surface area (Å²) in [6.45, 7) is 4.19. The molecule has 0 unspecified atom stereocenters. The Labute approximate surface area is 76.6 Å². The van der Waals surface area contributed by atoms with Gasteiger partial charge in [-0.3, -0.25) is 0 Å². The summed E-state index contributed by atoms with van der Waals surface area (Å²) in [4.78, 5) is 0. The van der Waals surface area contributed by atoms with E-state index in [9.17, 15) is 0 Å². The number of benzene rings is 1. The molecule has 0 amide bonds. The third-order valence-corrected chi connectivity index (χ3v) is 2.04. The second kappa shape index (κ2) is 3.33. The molecule has 0 radical (unpaired) electrons. The number of aryl methyl sites for hydroxylation is 2. The van der Waals surface area contributed by atoms with E-state index in [1.165, 1.54) is 35.9 Å². The zero-order valence-electron chi connectivity index (χ0n) is 6.22. The monoisotopic (exact) mass is 166 g/mol. The van der Waals surface area contributed by atoms with Crippen molar-refractivity contribution in [2.75, 3.05) is 0 Å². The molecule has 2 heteroatoms. The Kier molecular flexibility index (Phi) is 2.66. The van der Waals surface area contributed by atoms with Crippen LogP contribution in [0.2, 0.25) is 0 Å². The van der Waals surface area contributed by atoms with Crippen LogP contribution in [-0.2, 0) is 24.8 Å². The van der Waals surface area contributed by atoms with Crippen LogP contribution >= 0.6 is 0 Å². The van der Waals surface area contributed by atoms with E-state index in [-0.39, 0.29) is 0 Å². The molecule has 0 N–H and O–H groups in total. The molecule has 50 valence electrons. The van der Waals surface area contributed by atoms with Crippen molar-refractivity contribution in [2.45, 2.75) is 13.8 Å². The third-order valence-electron chi connectivity index (χ3n) is 1.61. The van der Waals surface area contributed by atoms with Crippen LogP contribution < -0.4 is 2.85 Å². The van der Waals surface area contributed by atoms with Gasteiger partial charge in [-0.05, 0) is 0 Å². The van der Waals surface area contributed by atoms with E-state index in [0.29, 0.717) is 0 Å². The summed E-state index contributed by atoms with van der Waals surface area (Å²) < 4.78 is 5.11. The number of hydrogen-bond donors (Lipinski definition) is 0. The van der Waals surface area contributed by atoms with Crippen LogP contribution in [-0.4, -0.2) is 0 Å². The average molecular weight is 166 g/mol. The van der Waals surface area contributed by atoms with Crippen molar-refractivity contribution in [2.24, 2.45) is 0 Å². The zero-order chi connectivity index (χ0) is 7.56. The minimum atomic E-state index is 0.961. The molecule has 1 rings (SSSR count). The van der Waals surface area contributed by atoms with Gasteiger partial charge in [-0.2, -0.15) is 0 Å². The summed E-state index contributed by atoms with van der Waals surface area (Å²) in [7, 11) is 0. The molecule has 0 saturated carbocycles. The molecule has 0 aromatic heterocycles. The fourth-order valence-electron chi connectivity index (χ4n) is 0.787. The van der Waals surface area contributed by atoms with Gasteiger partial charge in [0.05, 0.1) is 0 Å². The fraction of sp³-hybridized carbons (Fsp3) is 0.250. The van der Waals surface area contributed by atoms with E-state index in [1.54, 1.807) is 0 Å². The van der Waals surface area contributed by atoms with Gasteiger partial charge in [-0.25, -0.2) is 0 Å². The van der Waals surface area contributed by atoms with Crippen LogP contribution in [0.25, 0.3) is 0 Å². The van der Waals surface area contributed by atoms with Crippen LogP contribution in [0.5, 0.6) is 5.75 Å². The molecule has 1 aromatic rings. The summed E-state index contributed by atoms with van der Waals surface area (Å²) in [6.07, 6.45) is 0. The first-order valence-corrected chi connectivity index (χ1v) is 3.91. The molecule has 0 heterocycles. The first-order valence-electron chi connectivity index (χ1n) is 3.18. The van der Waals surface area contributed by atoms with Crippen molar-refractivity contribution < 1.29 is 27.7 Å². The van der Waals surface area contributed by atoms with Crippen LogP contribution in [0.4, 0.5) is 0 Å². The Morgan fingerprint density at radius 2 is 1.90 bits per heavy atom. The normalized spacial score (nSPS) is 9.30. The van der Waals surface area contributed by atoms with Gasteiger partial charge in [0.15, 0.2) is 0 Å². The Morgan fingerprint density at radius 3 is 2.40 bits per heavy atom. The van der Waals surface area contributed by atoms with Crippen molar-refractivity contribution in [1.82, 2.24) is 0 Å². The van der Waals surface area contributed by atoms with Gasteiger partial charge in [0.2, 0.25) is 0 Å². The van der Waals surface area contributed by atoms with Gasteiger partial charge >= 0.3 is 76.6 Å². The molecule has 0 aliphatic carbocycles. The van der Waals surface area contributed by atoms with Gasteiger partial charge in [0, 0.05) is 0 Å². The van der Waals surface area contributed by atoms with E-state index < -0.39 is 0 Å². The maximum atomic E-state index is 5.11. The molecule has 0 saturated heterocycles. The molecular formula is C8H9OSc. The maximum absolute atomic E-state index is 5.11. The number of rotatable bonds is 1. The summed E-state index contributed by atoms with van der Waals surface area (Å²) in [5, 5.41) is 0. The van der Waals surface area contributed by atoms with Crippen LogP contribution in [0.15, 0.2) is 18.2 Å². The Balaban J connectivity index is 3.04. The average Bonchev–Trinajstić information content (AvgIpc) is 1.95. The number of hydrogen-bond acceptors (Lipinski definition) is 1. The molecular weight excluding hydrogens is 157 g/mol. The van der Waals surface area contributed by atoms with Crippen molar-refractivity contribution in [3.05, 3.63) is 29.3 Å². The van der Waals surface area contributed by atoms with E-state index in [0.717, 1.165) is 5.75 Å². The molecule has 10 heavy (non-hydrogen) atoms. The predicted molar refractivity (Wildman–Crippen MR) is 36.5 cm³/mol. The van der Waals surface area contributed by atoms with Crippen molar-refractivity contribution >= 4 is 0 Å². The van der Waals surface area contributed by atoms with Crippen molar-refractivity contribution in [3.8, 4) is 5.75 Å². The molecule has 0 bridgehead atoms. The Hall–Kier alpha value is -0.110. The molecule has 0 spiro atoms. The van der Waals surface area contributed by atoms with Gasteiger partial charge in [-0.15, -0.1) is 0 Å². The molecule has 0 aliphatic heterocycles. The topological polar surface area (TPSA) is 9.23 Å². The molecule has 1 nitrogen and oxygen atoms in total. The van der Waals surface area contributed by atoms with Gasteiger partial charge in [0.25, 0.3) is 0 Å². The van der Waals surface area contributed by atoms with E-state index in [1.807, 2.05) is 6.07 Å². The Bertz CT molecular complexity index is 233. The molecule has 0 fully saturated rings. The molecule has 0 atom stereocenters. The molecule has 1 aromatic carbocycles. The second-order valence-corrected chi connectivity index (χ2v) is 2.73.